The number of pyridine rings is 1. The molecular weight excluding hydrogens is 238 g/mol. The van der Waals surface area contributed by atoms with Crippen LogP contribution < -0.4 is 10.5 Å². The smallest absolute Gasteiger partial charge is 0.222 e. The first-order chi connectivity index (χ1) is 8.19. The number of benzene rings is 1. The number of nitrogens with zero attached hydrogens (tertiary/aromatic N) is 2. The van der Waals surface area contributed by atoms with E-state index in [2.05, 4.69) is 4.98 Å². The Bertz CT molecular complexity index is 572. The summed E-state index contributed by atoms with van der Waals surface area (Å²) in [5.41, 5.74) is 6.49. The molecule has 0 aliphatic rings. The molecular formula is C12H8ClN3O. The van der Waals surface area contributed by atoms with Gasteiger partial charge in [-0.3, -0.25) is 0 Å². The van der Waals surface area contributed by atoms with E-state index in [1.54, 1.807) is 30.3 Å². The molecule has 2 aromatic rings. The minimum Gasteiger partial charge on any atom is -0.438 e. The zero-order valence-electron chi connectivity index (χ0n) is 8.72. The Kier molecular flexibility index (Phi) is 3.12. The second kappa shape index (κ2) is 4.73. The van der Waals surface area contributed by atoms with Crippen molar-refractivity contribution in [2.24, 2.45) is 0 Å². The van der Waals surface area contributed by atoms with Crippen molar-refractivity contribution in [2.45, 2.75) is 0 Å². The number of halogens is 1. The molecule has 0 unspecified atom stereocenters. The fourth-order valence-electron chi connectivity index (χ4n) is 1.30. The second-order valence-electron chi connectivity index (χ2n) is 3.27. The number of nitriles is 1. The molecule has 0 aliphatic carbocycles. The van der Waals surface area contributed by atoms with Gasteiger partial charge >= 0.3 is 0 Å². The highest BCUT2D eigenvalue weighted by molar-refractivity contribution is 6.29. The molecule has 0 fully saturated rings. The van der Waals surface area contributed by atoms with Gasteiger partial charge in [0, 0.05) is 11.8 Å². The van der Waals surface area contributed by atoms with E-state index in [9.17, 15) is 0 Å². The van der Waals surface area contributed by atoms with Crippen molar-refractivity contribution < 1.29 is 4.74 Å². The summed E-state index contributed by atoms with van der Waals surface area (Å²) in [5.74, 6) is 0.682. The summed E-state index contributed by atoms with van der Waals surface area (Å²) in [6, 6.07) is 11.9. The van der Waals surface area contributed by atoms with Gasteiger partial charge in [0.15, 0.2) is 0 Å². The average Bonchev–Trinajstić information content (AvgIpc) is 2.28. The van der Waals surface area contributed by atoms with Crippen molar-refractivity contribution >= 4 is 17.3 Å². The predicted molar refractivity (Wildman–Crippen MR) is 64.9 cm³/mol. The number of nitrogens with two attached hydrogens (primary N) is 1. The van der Waals surface area contributed by atoms with Crippen LogP contribution in [0.3, 0.4) is 0 Å². The van der Waals surface area contributed by atoms with Gasteiger partial charge in [-0.05, 0) is 18.2 Å². The Hall–Kier alpha value is -2.25. The standard InChI is InChI=1S/C12H8ClN3O/c13-11-5-9(15)6-12(16-11)17-10-4-2-1-3-8(10)7-14/h1-6H,(H2,15,16). The Morgan fingerprint density at radius 1 is 1.29 bits per heavy atom. The minimum atomic E-state index is 0.245. The molecule has 2 N–H and O–H groups in total. The molecule has 1 aromatic carbocycles. The fourth-order valence-corrected chi connectivity index (χ4v) is 1.51. The first kappa shape index (κ1) is 11.2. The lowest BCUT2D eigenvalue weighted by atomic mass is 10.2. The zero-order chi connectivity index (χ0) is 12.3. The third-order valence-corrected chi connectivity index (χ3v) is 2.21. The summed E-state index contributed by atoms with van der Waals surface area (Å²) in [7, 11) is 0. The number of ether oxygens (including phenoxy) is 1. The molecule has 0 amide bonds. The van der Waals surface area contributed by atoms with Crippen LogP contribution in [-0.2, 0) is 0 Å². The van der Waals surface area contributed by atoms with E-state index in [1.807, 2.05) is 6.07 Å². The molecule has 1 heterocycles. The maximum Gasteiger partial charge on any atom is 0.222 e. The van der Waals surface area contributed by atoms with Crippen molar-refractivity contribution in [1.82, 2.24) is 4.98 Å². The van der Waals surface area contributed by atoms with E-state index >= 15 is 0 Å². The summed E-state index contributed by atoms with van der Waals surface area (Å²) >= 11 is 5.75. The summed E-state index contributed by atoms with van der Waals surface area (Å²) in [6.45, 7) is 0. The molecule has 0 bridgehead atoms. The summed E-state index contributed by atoms with van der Waals surface area (Å²) in [4.78, 5) is 3.96. The molecule has 0 saturated carbocycles. The first-order valence-corrected chi connectivity index (χ1v) is 5.17. The van der Waals surface area contributed by atoms with Crippen molar-refractivity contribution in [2.75, 3.05) is 5.73 Å². The topological polar surface area (TPSA) is 71.9 Å². The average molecular weight is 246 g/mol. The van der Waals surface area contributed by atoms with Crippen LogP contribution >= 0.6 is 11.6 Å². The van der Waals surface area contributed by atoms with Gasteiger partial charge in [-0.1, -0.05) is 23.7 Å². The van der Waals surface area contributed by atoms with Gasteiger partial charge in [0.2, 0.25) is 5.88 Å². The molecule has 84 valence electrons. The molecule has 2 rings (SSSR count). The monoisotopic (exact) mass is 245 g/mol. The maximum atomic E-state index is 8.90. The molecule has 0 spiro atoms. The van der Waals surface area contributed by atoms with Crippen LogP contribution in [0.2, 0.25) is 5.15 Å². The van der Waals surface area contributed by atoms with E-state index in [-0.39, 0.29) is 11.0 Å². The molecule has 0 radical (unpaired) electrons. The number of nitrogen functional groups attached to an aromatic ring is 1. The Labute approximate surface area is 103 Å². The third-order valence-electron chi connectivity index (χ3n) is 2.01. The van der Waals surface area contributed by atoms with Gasteiger partial charge < -0.3 is 10.5 Å². The number of rotatable bonds is 2. The summed E-state index contributed by atoms with van der Waals surface area (Å²) in [6.07, 6.45) is 0. The molecule has 0 aliphatic heterocycles. The molecule has 0 atom stereocenters. The fraction of sp³-hybridized carbons (Fsp3) is 0. The van der Waals surface area contributed by atoms with E-state index < -0.39 is 0 Å². The van der Waals surface area contributed by atoms with Crippen LogP contribution in [0.4, 0.5) is 5.69 Å². The van der Waals surface area contributed by atoms with Gasteiger partial charge in [0.1, 0.15) is 17.0 Å². The van der Waals surface area contributed by atoms with Crippen molar-refractivity contribution in [1.29, 1.82) is 5.26 Å². The number of hydrogen-bond acceptors (Lipinski definition) is 4. The SMILES string of the molecule is N#Cc1ccccc1Oc1cc(N)cc(Cl)n1. The minimum absolute atomic E-state index is 0.245. The normalized spacial score (nSPS) is 9.65. The van der Waals surface area contributed by atoms with Crippen LogP contribution in [0.1, 0.15) is 5.56 Å². The number of anilines is 1. The van der Waals surface area contributed by atoms with E-state index in [4.69, 9.17) is 27.3 Å². The van der Waals surface area contributed by atoms with Crippen LogP contribution in [0.15, 0.2) is 36.4 Å². The molecule has 0 saturated heterocycles. The zero-order valence-corrected chi connectivity index (χ0v) is 9.48. The van der Waals surface area contributed by atoms with Gasteiger partial charge in [-0.15, -0.1) is 0 Å². The van der Waals surface area contributed by atoms with E-state index in [1.165, 1.54) is 6.07 Å². The van der Waals surface area contributed by atoms with Crippen molar-refractivity contribution in [3.8, 4) is 17.7 Å². The quantitative estimate of drug-likeness (QED) is 0.826. The van der Waals surface area contributed by atoms with Gasteiger partial charge in [-0.2, -0.15) is 5.26 Å². The van der Waals surface area contributed by atoms with Crippen LogP contribution in [0.25, 0.3) is 0 Å². The highest BCUT2D eigenvalue weighted by atomic mass is 35.5. The van der Waals surface area contributed by atoms with E-state index in [0.29, 0.717) is 17.0 Å². The van der Waals surface area contributed by atoms with Crippen LogP contribution in [0.5, 0.6) is 11.6 Å². The molecule has 4 nitrogen and oxygen atoms in total. The maximum absolute atomic E-state index is 8.90. The van der Waals surface area contributed by atoms with Gasteiger partial charge in [0.05, 0.1) is 5.56 Å². The Morgan fingerprint density at radius 2 is 2.06 bits per heavy atom. The molecule has 1 aromatic heterocycles. The first-order valence-electron chi connectivity index (χ1n) is 4.79. The van der Waals surface area contributed by atoms with Crippen molar-refractivity contribution in [3.05, 3.63) is 47.1 Å². The summed E-state index contributed by atoms with van der Waals surface area (Å²) in [5, 5.41) is 9.15. The summed E-state index contributed by atoms with van der Waals surface area (Å²) < 4.78 is 5.46. The number of para-hydroxylation sites is 1. The Balaban J connectivity index is 2.35. The lowest BCUT2D eigenvalue weighted by molar-refractivity contribution is 0.462. The van der Waals surface area contributed by atoms with Crippen molar-refractivity contribution in [3.63, 3.8) is 0 Å². The van der Waals surface area contributed by atoms with Gasteiger partial charge in [-0.25, -0.2) is 4.98 Å². The van der Waals surface area contributed by atoms with Crippen LogP contribution in [0, 0.1) is 11.3 Å². The lowest BCUT2D eigenvalue weighted by Crippen LogP contribution is -1.93. The van der Waals surface area contributed by atoms with E-state index in [0.717, 1.165) is 0 Å². The Morgan fingerprint density at radius 3 is 2.76 bits per heavy atom. The molecule has 5 heteroatoms. The second-order valence-corrected chi connectivity index (χ2v) is 3.66. The number of hydrogen-bond donors (Lipinski definition) is 1. The van der Waals surface area contributed by atoms with Crippen LogP contribution in [-0.4, -0.2) is 4.98 Å². The van der Waals surface area contributed by atoms with Gasteiger partial charge in [0.25, 0.3) is 0 Å². The highest BCUT2D eigenvalue weighted by Gasteiger charge is 2.05. The molecule has 17 heavy (non-hydrogen) atoms. The predicted octanol–water partition coefficient (Wildman–Crippen LogP) is 2.98. The third kappa shape index (κ3) is 2.65. The largest absolute Gasteiger partial charge is 0.438 e. The lowest BCUT2D eigenvalue weighted by Gasteiger charge is -2.06. The highest BCUT2D eigenvalue weighted by Crippen LogP contribution is 2.26. The number of aromatic nitrogens is 1.